The van der Waals surface area contributed by atoms with E-state index in [9.17, 15) is 4.79 Å². The number of amides is 1. The summed E-state index contributed by atoms with van der Waals surface area (Å²) in [6, 6.07) is 21.3. The van der Waals surface area contributed by atoms with Gasteiger partial charge in [-0.25, -0.2) is 0 Å². The molecule has 0 aliphatic heterocycles. The first-order valence-corrected chi connectivity index (χ1v) is 10.9. The molecule has 1 amide bonds. The lowest BCUT2D eigenvalue weighted by atomic mass is 10.1. The van der Waals surface area contributed by atoms with E-state index >= 15 is 0 Å². The molecule has 0 fully saturated rings. The second kappa shape index (κ2) is 9.71. The number of hydrogen-bond acceptors (Lipinski definition) is 2. The van der Waals surface area contributed by atoms with E-state index < -0.39 is 0 Å². The fourth-order valence-corrected chi connectivity index (χ4v) is 3.86. The van der Waals surface area contributed by atoms with Crippen LogP contribution in [0.15, 0.2) is 77.9 Å². The smallest absolute Gasteiger partial charge is 0.259 e. The molecule has 0 saturated carbocycles. The Labute approximate surface area is 192 Å². The summed E-state index contributed by atoms with van der Waals surface area (Å²) in [7, 11) is 0. The number of carbonyl (C=O) groups is 1. The van der Waals surface area contributed by atoms with Crippen molar-refractivity contribution in [2.75, 3.05) is 11.9 Å². The number of rotatable bonds is 5. The van der Waals surface area contributed by atoms with Crippen LogP contribution in [-0.4, -0.2) is 23.4 Å². The summed E-state index contributed by atoms with van der Waals surface area (Å²) in [5.41, 5.74) is 5.83. The molecule has 0 aliphatic rings. The summed E-state index contributed by atoms with van der Waals surface area (Å²) in [6.07, 6.45) is 2.75. The first-order valence-electron chi connectivity index (χ1n) is 10.5. The van der Waals surface area contributed by atoms with E-state index in [1.54, 1.807) is 24.3 Å². The van der Waals surface area contributed by atoms with E-state index in [2.05, 4.69) is 38.8 Å². The number of nitrogens with zero attached hydrogens (tertiary/aromatic N) is 1. The van der Waals surface area contributed by atoms with Crippen molar-refractivity contribution < 1.29 is 4.79 Å². The Morgan fingerprint density at radius 1 is 1.03 bits per heavy atom. The first-order chi connectivity index (χ1) is 15.5. The zero-order valence-corrected chi connectivity index (χ0v) is 18.8. The third kappa shape index (κ3) is 5.01. The SMILES string of the molecule is Cc1ccc(NC(=NCCc2c[nH]c3ccccc23)NC(=O)c2ccccc2Cl)c(C)c1. The van der Waals surface area contributed by atoms with Gasteiger partial charge in [-0.05, 0) is 55.7 Å². The van der Waals surface area contributed by atoms with Gasteiger partial charge in [-0.1, -0.05) is 59.6 Å². The van der Waals surface area contributed by atoms with Gasteiger partial charge in [-0.3, -0.25) is 15.1 Å². The molecule has 0 spiro atoms. The van der Waals surface area contributed by atoms with E-state index in [1.165, 1.54) is 16.5 Å². The molecule has 0 aliphatic carbocycles. The highest BCUT2D eigenvalue weighted by atomic mass is 35.5. The number of aromatic amines is 1. The Hall–Kier alpha value is -3.57. The van der Waals surface area contributed by atoms with E-state index in [4.69, 9.17) is 11.6 Å². The Bertz CT molecular complexity index is 1290. The summed E-state index contributed by atoms with van der Waals surface area (Å²) >= 11 is 6.21. The van der Waals surface area contributed by atoms with Crippen LogP contribution in [0, 0.1) is 13.8 Å². The van der Waals surface area contributed by atoms with Gasteiger partial charge in [0.2, 0.25) is 5.96 Å². The van der Waals surface area contributed by atoms with Crippen LogP contribution >= 0.6 is 11.6 Å². The molecular formula is C26H25ClN4O. The fraction of sp³-hybridized carbons (Fsp3) is 0.154. The number of aromatic nitrogens is 1. The minimum atomic E-state index is -0.307. The van der Waals surface area contributed by atoms with Crippen LogP contribution in [-0.2, 0) is 6.42 Å². The van der Waals surface area contributed by atoms with Crippen molar-refractivity contribution in [2.24, 2.45) is 4.99 Å². The number of guanidine groups is 1. The van der Waals surface area contributed by atoms with Gasteiger partial charge in [-0.15, -0.1) is 0 Å². The molecule has 32 heavy (non-hydrogen) atoms. The number of aliphatic imine (C=N–C) groups is 1. The third-order valence-corrected chi connectivity index (χ3v) is 5.64. The summed E-state index contributed by atoms with van der Waals surface area (Å²) in [4.78, 5) is 20.8. The van der Waals surface area contributed by atoms with E-state index in [0.717, 1.165) is 23.2 Å². The van der Waals surface area contributed by atoms with Gasteiger partial charge in [0.15, 0.2) is 0 Å². The molecule has 1 heterocycles. The Balaban J connectivity index is 1.55. The highest BCUT2D eigenvalue weighted by molar-refractivity contribution is 6.34. The van der Waals surface area contributed by atoms with Gasteiger partial charge in [-0.2, -0.15) is 0 Å². The lowest BCUT2D eigenvalue weighted by molar-refractivity contribution is 0.0977. The molecule has 4 rings (SSSR count). The van der Waals surface area contributed by atoms with Crippen molar-refractivity contribution in [1.82, 2.24) is 10.3 Å². The summed E-state index contributed by atoms with van der Waals surface area (Å²) in [5.74, 6) is 0.0837. The average Bonchev–Trinajstić information content (AvgIpc) is 3.19. The average molecular weight is 445 g/mol. The number of H-pyrrole nitrogens is 1. The third-order valence-electron chi connectivity index (χ3n) is 5.31. The van der Waals surface area contributed by atoms with E-state index in [1.807, 2.05) is 44.3 Å². The quantitative estimate of drug-likeness (QED) is 0.266. The number of hydrogen-bond donors (Lipinski definition) is 3. The van der Waals surface area contributed by atoms with E-state index in [-0.39, 0.29) is 5.91 Å². The van der Waals surface area contributed by atoms with Crippen molar-refractivity contribution in [1.29, 1.82) is 0 Å². The second-order valence-electron chi connectivity index (χ2n) is 7.72. The minimum Gasteiger partial charge on any atom is -0.361 e. The first kappa shape index (κ1) is 21.7. The molecule has 162 valence electrons. The number of fused-ring (bicyclic) bond motifs is 1. The Kier molecular flexibility index (Phi) is 6.57. The summed E-state index contributed by atoms with van der Waals surface area (Å²) in [5, 5.41) is 7.75. The molecule has 6 heteroatoms. The zero-order valence-electron chi connectivity index (χ0n) is 18.1. The lowest BCUT2D eigenvalue weighted by Gasteiger charge is -2.14. The predicted octanol–water partition coefficient (Wildman–Crippen LogP) is 5.88. The molecule has 1 aromatic heterocycles. The standard InChI is InChI=1S/C26H25ClN4O/c1-17-11-12-23(18(2)15-17)30-26(31-25(32)21-8-3-5-9-22(21)27)28-14-13-19-16-29-24-10-6-4-7-20(19)24/h3-12,15-16,29H,13-14H2,1-2H3,(H2,28,30,31,32). The maximum atomic E-state index is 12.9. The van der Waals surface area contributed by atoms with Gasteiger partial charge < -0.3 is 10.3 Å². The maximum Gasteiger partial charge on any atom is 0.259 e. The molecule has 3 N–H and O–H groups in total. The number of nitrogens with one attached hydrogen (secondary N) is 3. The van der Waals surface area contributed by atoms with Crippen LogP contribution in [0.25, 0.3) is 10.9 Å². The van der Waals surface area contributed by atoms with Gasteiger partial charge in [0.25, 0.3) is 5.91 Å². The van der Waals surface area contributed by atoms with Crippen LogP contribution in [0.5, 0.6) is 0 Å². The molecule has 4 aromatic rings. The number of para-hydroxylation sites is 1. The number of aryl methyl sites for hydroxylation is 2. The highest BCUT2D eigenvalue weighted by Crippen LogP contribution is 2.19. The second-order valence-corrected chi connectivity index (χ2v) is 8.12. The molecule has 0 bridgehead atoms. The Morgan fingerprint density at radius 3 is 2.62 bits per heavy atom. The molecule has 0 radical (unpaired) electrons. The number of carbonyl (C=O) groups excluding carboxylic acids is 1. The van der Waals surface area contributed by atoms with Gasteiger partial charge in [0.05, 0.1) is 10.6 Å². The summed E-state index contributed by atoms with van der Waals surface area (Å²) in [6.45, 7) is 4.58. The molecule has 5 nitrogen and oxygen atoms in total. The summed E-state index contributed by atoms with van der Waals surface area (Å²) < 4.78 is 0. The van der Waals surface area contributed by atoms with Crippen LogP contribution in [0.2, 0.25) is 5.02 Å². The molecule has 0 saturated heterocycles. The topological polar surface area (TPSA) is 69.3 Å². The molecule has 0 atom stereocenters. The van der Waals surface area contributed by atoms with Gasteiger partial charge >= 0.3 is 0 Å². The largest absolute Gasteiger partial charge is 0.361 e. The van der Waals surface area contributed by atoms with Crippen LogP contribution in [0.4, 0.5) is 5.69 Å². The van der Waals surface area contributed by atoms with Crippen molar-refractivity contribution in [3.63, 3.8) is 0 Å². The fourth-order valence-electron chi connectivity index (χ4n) is 3.64. The van der Waals surface area contributed by atoms with Crippen molar-refractivity contribution in [2.45, 2.75) is 20.3 Å². The maximum absolute atomic E-state index is 12.9. The van der Waals surface area contributed by atoms with Crippen LogP contribution < -0.4 is 10.6 Å². The van der Waals surface area contributed by atoms with Crippen molar-refractivity contribution >= 4 is 40.1 Å². The number of anilines is 1. The Morgan fingerprint density at radius 2 is 1.81 bits per heavy atom. The van der Waals surface area contributed by atoms with Gasteiger partial charge in [0.1, 0.15) is 0 Å². The highest BCUT2D eigenvalue weighted by Gasteiger charge is 2.13. The van der Waals surface area contributed by atoms with Crippen molar-refractivity contribution in [3.05, 3.63) is 100 Å². The van der Waals surface area contributed by atoms with Crippen LogP contribution in [0.3, 0.4) is 0 Å². The van der Waals surface area contributed by atoms with Crippen LogP contribution in [0.1, 0.15) is 27.0 Å². The molecule has 0 unspecified atom stereocenters. The normalized spacial score (nSPS) is 11.5. The lowest BCUT2D eigenvalue weighted by Crippen LogP contribution is -2.36. The number of halogens is 1. The molecule has 3 aromatic carbocycles. The number of benzene rings is 3. The minimum absolute atomic E-state index is 0.307. The monoisotopic (exact) mass is 444 g/mol. The van der Waals surface area contributed by atoms with Crippen molar-refractivity contribution in [3.8, 4) is 0 Å². The van der Waals surface area contributed by atoms with Gasteiger partial charge in [0, 0.05) is 29.3 Å². The molecular weight excluding hydrogens is 420 g/mol. The zero-order chi connectivity index (χ0) is 22.5. The van der Waals surface area contributed by atoms with E-state index in [0.29, 0.717) is 23.1 Å². The predicted molar refractivity (Wildman–Crippen MR) is 133 cm³/mol.